The Bertz CT molecular complexity index is 1140. The van der Waals surface area contributed by atoms with Gasteiger partial charge in [0.2, 0.25) is 11.9 Å². The van der Waals surface area contributed by atoms with Crippen molar-refractivity contribution >= 4 is 34.4 Å². The van der Waals surface area contributed by atoms with Crippen molar-refractivity contribution in [3.05, 3.63) is 47.5 Å². The minimum Gasteiger partial charge on any atom is -0.494 e. The minimum absolute atomic E-state index is 0.320. The molecule has 0 radical (unpaired) electrons. The standard InChI is InChI=1S/C26H29ClN4O2/c1-33-22-5-2-4-21-24(18-9-11-19(27)12-10-18)29-26(30-25(21)22)28-20-13-7-17(8-14-20)16-31-15-3-6-23(31)32/h2,4-5,9-12,17,20H,3,6-8,13-16H2,1H3,(H,28,29,30). The Kier molecular flexibility index (Phi) is 6.36. The van der Waals surface area contributed by atoms with Crippen molar-refractivity contribution in [2.45, 2.75) is 44.6 Å². The number of amides is 1. The van der Waals surface area contributed by atoms with E-state index < -0.39 is 0 Å². The Balaban J connectivity index is 1.36. The maximum Gasteiger partial charge on any atom is 0.224 e. The summed E-state index contributed by atoms with van der Waals surface area (Å²) in [5.41, 5.74) is 2.64. The Labute approximate surface area is 199 Å². The number of nitrogens with zero attached hydrogens (tertiary/aromatic N) is 3. The van der Waals surface area contributed by atoms with Crippen molar-refractivity contribution < 1.29 is 9.53 Å². The van der Waals surface area contributed by atoms with Gasteiger partial charge in [0.1, 0.15) is 11.3 Å². The molecule has 6 nitrogen and oxygen atoms in total. The number of carbonyl (C=O) groups is 1. The van der Waals surface area contributed by atoms with Gasteiger partial charge in [-0.3, -0.25) is 4.79 Å². The van der Waals surface area contributed by atoms with E-state index in [2.05, 4.69) is 10.2 Å². The molecule has 1 amide bonds. The van der Waals surface area contributed by atoms with E-state index in [1.807, 2.05) is 42.5 Å². The van der Waals surface area contributed by atoms with E-state index in [4.69, 9.17) is 26.3 Å². The number of hydrogen-bond acceptors (Lipinski definition) is 5. The van der Waals surface area contributed by atoms with Crippen LogP contribution in [-0.4, -0.2) is 47.0 Å². The molecule has 1 saturated heterocycles. The van der Waals surface area contributed by atoms with E-state index in [9.17, 15) is 4.79 Å². The van der Waals surface area contributed by atoms with Crippen LogP contribution in [0.2, 0.25) is 5.02 Å². The second-order valence-electron chi connectivity index (χ2n) is 9.06. The summed E-state index contributed by atoms with van der Waals surface area (Å²) in [4.78, 5) is 23.7. The van der Waals surface area contributed by atoms with Gasteiger partial charge in [0, 0.05) is 41.5 Å². The number of carbonyl (C=O) groups excluding carboxylic acids is 1. The molecule has 1 N–H and O–H groups in total. The highest BCUT2D eigenvalue weighted by atomic mass is 35.5. The van der Waals surface area contributed by atoms with Crippen molar-refractivity contribution in [3.8, 4) is 17.0 Å². The number of methoxy groups -OCH3 is 1. The van der Waals surface area contributed by atoms with Gasteiger partial charge in [0.05, 0.1) is 12.8 Å². The number of likely N-dealkylation sites (tertiary alicyclic amines) is 1. The van der Waals surface area contributed by atoms with Crippen molar-refractivity contribution in [1.29, 1.82) is 0 Å². The Morgan fingerprint density at radius 3 is 2.58 bits per heavy atom. The van der Waals surface area contributed by atoms with Gasteiger partial charge in [-0.05, 0) is 56.2 Å². The van der Waals surface area contributed by atoms with E-state index in [1.165, 1.54) is 0 Å². The summed E-state index contributed by atoms with van der Waals surface area (Å²) in [7, 11) is 1.67. The number of anilines is 1. The lowest BCUT2D eigenvalue weighted by Crippen LogP contribution is -2.35. The molecular formula is C26H29ClN4O2. The molecule has 2 fully saturated rings. The number of hydrogen-bond donors (Lipinski definition) is 1. The van der Waals surface area contributed by atoms with Crippen LogP contribution in [0.15, 0.2) is 42.5 Å². The van der Waals surface area contributed by atoms with E-state index in [0.29, 0.717) is 28.8 Å². The van der Waals surface area contributed by atoms with Crippen molar-refractivity contribution in [2.24, 2.45) is 5.92 Å². The summed E-state index contributed by atoms with van der Waals surface area (Å²) in [6.45, 7) is 1.84. The number of halogens is 1. The van der Waals surface area contributed by atoms with E-state index in [-0.39, 0.29) is 0 Å². The zero-order valence-electron chi connectivity index (χ0n) is 18.9. The highest BCUT2D eigenvalue weighted by molar-refractivity contribution is 6.30. The van der Waals surface area contributed by atoms with Crippen LogP contribution in [0.1, 0.15) is 38.5 Å². The Morgan fingerprint density at radius 2 is 1.88 bits per heavy atom. The lowest BCUT2D eigenvalue weighted by atomic mass is 9.85. The molecule has 7 heteroatoms. The van der Waals surface area contributed by atoms with Gasteiger partial charge in [-0.25, -0.2) is 9.97 Å². The molecule has 0 unspecified atom stereocenters. The molecule has 2 aromatic carbocycles. The van der Waals surface area contributed by atoms with Crippen LogP contribution >= 0.6 is 11.6 Å². The SMILES string of the molecule is COc1cccc2c(-c3ccc(Cl)cc3)nc(NC3CCC(CN4CCCC4=O)CC3)nc12. The lowest BCUT2D eigenvalue weighted by Gasteiger charge is -2.31. The first-order valence-corrected chi connectivity index (χ1v) is 12.1. The average Bonchev–Trinajstić information content (AvgIpc) is 3.24. The second kappa shape index (κ2) is 9.56. The first-order valence-electron chi connectivity index (χ1n) is 11.8. The summed E-state index contributed by atoms with van der Waals surface area (Å²) in [5.74, 6) is 2.26. The molecule has 172 valence electrons. The monoisotopic (exact) mass is 464 g/mol. The fourth-order valence-corrected chi connectivity index (χ4v) is 5.19. The van der Waals surface area contributed by atoms with Crippen molar-refractivity contribution in [1.82, 2.24) is 14.9 Å². The Hall–Kier alpha value is -2.86. The maximum absolute atomic E-state index is 12.0. The number of para-hydroxylation sites is 1. The molecule has 1 aromatic heterocycles. The average molecular weight is 465 g/mol. The summed E-state index contributed by atoms with van der Waals surface area (Å²) >= 11 is 6.11. The highest BCUT2D eigenvalue weighted by Gasteiger charge is 2.27. The maximum atomic E-state index is 12.0. The van der Waals surface area contributed by atoms with Crippen LogP contribution in [-0.2, 0) is 4.79 Å². The van der Waals surface area contributed by atoms with Crippen LogP contribution in [0.25, 0.3) is 22.2 Å². The fraction of sp³-hybridized carbons (Fsp3) is 0.423. The number of ether oxygens (including phenoxy) is 1. The smallest absolute Gasteiger partial charge is 0.224 e. The van der Waals surface area contributed by atoms with Gasteiger partial charge in [0.25, 0.3) is 0 Å². The summed E-state index contributed by atoms with van der Waals surface area (Å²) in [6.07, 6.45) is 6.06. The molecule has 1 saturated carbocycles. The lowest BCUT2D eigenvalue weighted by molar-refractivity contribution is -0.128. The molecule has 0 spiro atoms. The molecule has 2 aliphatic rings. The molecule has 1 aliphatic heterocycles. The van der Waals surface area contributed by atoms with Crippen molar-refractivity contribution in [2.75, 3.05) is 25.5 Å². The van der Waals surface area contributed by atoms with Crippen LogP contribution in [0, 0.1) is 5.92 Å². The van der Waals surface area contributed by atoms with Crippen molar-refractivity contribution in [3.63, 3.8) is 0 Å². The normalized spacial score (nSPS) is 20.9. The molecule has 2 heterocycles. The summed E-state index contributed by atoms with van der Waals surface area (Å²) in [5, 5.41) is 5.22. The number of fused-ring (bicyclic) bond motifs is 1. The van der Waals surface area contributed by atoms with Crippen LogP contribution in [0.3, 0.4) is 0 Å². The third kappa shape index (κ3) is 4.76. The number of benzene rings is 2. The quantitative estimate of drug-likeness (QED) is 0.517. The van der Waals surface area contributed by atoms with E-state index in [1.54, 1.807) is 7.11 Å². The minimum atomic E-state index is 0.320. The first kappa shape index (κ1) is 22.0. The van der Waals surface area contributed by atoms with Gasteiger partial charge in [-0.1, -0.05) is 35.9 Å². The second-order valence-corrected chi connectivity index (χ2v) is 9.50. The molecule has 5 rings (SSSR count). The summed E-state index contributed by atoms with van der Waals surface area (Å²) in [6, 6.07) is 14.0. The predicted molar refractivity (Wildman–Crippen MR) is 132 cm³/mol. The molecule has 0 bridgehead atoms. The topological polar surface area (TPSA) is 67.3 Å². The largest absolute Gasteiger partial charge is 0.494 e. The van der Waals surface area contributed by atoms with Crippen LogP contribution in [0.5, 0.6) is 5.75 Å². The first-order chi connectivity index (χ1) is 16.1. The third-order valence-electron chi connectivity index (χ3n) is 6.86. The van der Waals surface area contributed by atoms with Gasteiger partial charge in [-0.15, -0.1) is 0 Å². The van der Waals surface area contributed by atoms with Gasteiger partial charge < -0.3 is 15.0 Å². The number of aromatic nitrogens is 2. The van der Waals surface area contributed by atoms with E-state index in [0.717, 1.165) is 79.5 Å². The molecule has 33 heavy (non-hydrogen) atoms. The van der Waals surface area contributed by atoms with E-state index >= 15 is 0 Å². The third-order valence-corrected chi connectivity index (χ3v) is 7.11. The fourth-order valence-electron chi connectivity index (χ4n) is 5.06. The molecule has 3 aromatic rings. The van der Waals surface area contributed by atoms with Crippen LogP contribution in [0.4, 0.5) is 5.95 Å². The predicted octanol–water partition coefficient (Wildman–Crippen LogP) is 5.55. The highest BCUT2D eigenvalue weighted by Crippen LogP contribution is 2.34. The molecule has 0 atom stereocenters. The number of rotatable bonds is 6. The molecule has 1 aliphatic carbocycles. The van der Waals surface area contributed by atoms with Gasteiger partial charge in [-0.2, -0.15) is 0 Å². The van der Waals surface area contributed by atoms with Gasteiger partial charge >= 0.3 is 0 Å². The zero-order chi connectivity index (χ0) is 22.8. The Morgan fingerprint density at radius 1 is 1.09 bits per heavy atom. The number of nitrogens with one attached hydrogen (secondary N) is 1. The summed E-state index contributed by atoms with van der Waals surface area (Å²) < 4.78 is 5.60. The van der Waals surface area contributed by atoms with Gasteiger partial charge in [0.15, 0.2) is 0 Å². The zero-order valence-corrected chi connectivity index (χ0v) is 19.6. The molecular weight excluding hydrogens is 436 g/mol. The van der Waals surface area contributed by atoms with Crippen LogP contribution < -0.4 is 10.1 Å².